The quantitative estimate of drug-likeness (QED) is 0.509. The van der Waals surface area contributed by atoms with E-state index in [1.807, 2.05) is 0 Å². The maximum atomic E-state index is 10.9. The average molecular weight is 147 g/mol. The van der Waals surface area contributed by atoms with E-state index in [1.165, 1.54) is 12.1 Å². The summed E-state index contributed by atoms with van der Waals surface area (Å²) >= 11 is 0. The number of phenolic OH excluding ortho intramolecular Hbond substituents is 1. The number of benzene rings is 1. The molecule has 0 saturated carbocycles. The average Bonchev–Trinajstić information content (AvgIpc) is 2.04. The zero-order valence-corrected chi connectivity index (χ0v) is 5.82. The fourth-order valence-corrected chi connectivity index (χ4v) is 0.772. The van der Waals surface area contributed by atoms with Crippen molar-refractivity contribution >= 4 is 5.78 Å². The number of carbonyl (C=O) groups excluding carboxylic acids is 1. The number of para-hydroxylation sites is 1. The molecule has 1 rings (SSSR count). The Morgan fingerprint density at radius 2 is 2.09 bits per heavy atom. The smallest absolute Gasteiger partial charge is 0.189 e. The van der Waals surface area contributed by atoms with Crippen molar-refractivity contribution in [2.75, 3.05) is 0 Å². The number of hydrogen-bond donors (Lipinski definition) is 1. The zero-order valence-electron chi connectivity index (χ0n) is 5.82. The van der Waals surface area contributed by atoms with Gasteiger partial charge in [-0.3, -0.25) is 4.79 Å². The highest BCUT2D eigenvalue weighted by molar-refractivity contribution is 6.05. The summed E-state index contributed by atoms with van der Waals surface area (Å²) < 4.78 is 0. The molecule has 0 atom stereocenters. The standard InChI is InChI=1S/C9H7O2/c1-2-8(10)7-5-3-4-6-9(7)11/h1-6,11H. The molecule has 0 unspecified atom stereocenters. The maximum Gasteiger partial charge on any atom is 0.189 e. The molecule has 0 fully saturated rings. The van der Waals surface area contributed by atoms with Crippen LogP contribution >= 0.6 is 0 Å². The molecule has 0 bridgehead atoms. The Kier molecular flexibility index (Phi) is 2.06. The van der Waals surface area contributed by atoms with Gasteiger partial charge in [0.25, 0.3) is 0 Å². The van der Waals surface area contributed by atoms with Gasteiger partial charge in [0.05, 0.1) is 5.56 Å². The first kappa shape index (κ1) is 7.54. The molecule has 1 N–H and O–H groups in total. The number of hydrogen-bond acceptors (Lipinski definition) is 2. The van der Waals surface area contributed by atoms with E-state index in [1.54, 1.807) is 12.1 Å². The minimum Gasteiger partial charge on any atom is -0.507 e. The van der Waals surface area contributed by atoms with Crippen molar-refractivity contribution in [3.8, 4) is 5.75 Å². The highest BCUT2D eigenvalue weighted by Crippen LogP contribution is 2.15. The fraction of sp³-hybridized carbons (Fsp3) is 0. The number of phenols is 1. The first-order valence-electron chi connectivity index (χ1n) is 3.13. The van der Waals surface area contributed by atoms with Crippen LogP contribution in [-0.4, -0.2) is 10.9 Å². The molecular weight excluding hydrogens is 140 g/mol. The van der Waals surface area contributed by atoms with E-state index in [-0.39, 0.29) is 17.1 Å². The minimum atomic E-state index is -0.372. The second kappa shape index (κ2) is 3.01. The second-order valence-electron chi connectivity index (χ2n) is 2.05. The van der Waals surface area contributed by atoms with E-state index in [2.05, 4.69) is 0 Å². The van der Waals surface area contributed by atoms with Crippen molar-refractivity contribution in [2.24, 2.45) is 0 Å². The van der Waals surface area contributed by atoms with E-state index in [4.69, 9.17) is 11.7 Å². The highest BCUT2D eigenvalue weighted by atomic mass is 16.3. The summed E-state index contributed by atoms with van der Waals surface area (Å²) in [6.45, 7) is 4.99. The van der Waals surface area contributed by atoms with Crippen LogP contribution in [0.5, 0.6) is 5.75 Å². The SMILES string of the molecule is [CH]=CC(=O)c1ccccc1O. The zero-order chi connectivity index (χ0) is 8.27. The predicted molar refractivity (Wildman–Crippen MR) is 41.3 cm³/mol. The number of aromatic hydroxyl groups is 1. The first-order chi connectivity index (χ1) is 5.25. The third kappa shape index (κ3) is 1.46. The van der Waals surface area contributed by atoms with Gasteiger partial charge in [-0.05, 0) is 18.2 Å². The highest BCUT2D eigenvalue weighted by Gasteiger charge is 2.04. The molecule has 55 valence electrons. The summed E-state index contributed by atoms with van der Waals surface area (Å²) in [5.74, 6) is -0.415. The van der Waals surface area contributed by atoms with Crippen LogP contribution in [-0.2, 0) is 0 Å². The van der Waals surface area contributed by atoms with Gasteiger partial charge in [0.2, 0.25) is 0 Å². The molecule has 11 heavy (non-hydrogen) atoms. The van der Waals surface area contributed by atoms with Crippen LogP contribution in [0.4, 0.5) is 0 Å². The molecule has 0 aliphatic carbocycles. The third-order valence-electron chi connectivity index (χ3n) is 1.32. The maximum absolute atomic E-state index is 10.9. The van der Waals surface area contributed by atoms with Crippen LogP contribution in [0.15, 0.2) is 30.3 Å². The van der Waals surface area contributed by atoms with E-state index in [9.17, 15) is 4.79 Å². The molecule has 0 aliphatic heterocycles. The predicted octanol–water partition coefficient (Wildman–Crippen LogP) is 1.56. The van der Waals surface area contributed by atoms with Gasteiger partial charge in [0.1, 0.15) is 5.75 Å². The molecule has 1 aromatic carbocycles. The van der Waals surface area contributed by atoms with Gasteiger partial charge in [0, 0.05) is 0 Å². The van der Waals surface area contributed by atoms with Gasteiger partial charge in [-0.25, -0.2) is 0 Å². The van der Waals surface area contributed by atoms with Crippen LogP contribution in [0.25, 0.3) is 0 Å². The van der Waals surface area contributed by atoms with Gasteiger partial charge < -0.3 is 5.11 Å². The number of allylic oxidation sites excluding steroid dienone is 1. The fourth-order valence-electron chi connectivity index (χ4n) is 0.772. The lowest BCUT2D eigenvalue weighted by Crippen LogP contribution is -1.92. The number of carbonyl (C=O) groups is 1. The van der Waals surface area contributed by atoms with Crippen LogP contribution in [0.1, 0.15) is 10.4 Å². The second-order valence-corrected chi connectivity index (χ2v) is 2.05. The van der Waals surface area contributed by atoms with Gasteiger partial charge in [-0.1, -0.05) is 18.7 Å². The first-order valence-corrected chi connectivity index (χ1v) is 3.13. The Morgan fingerprint density at radius 1 is 1.45 bits per heavy atom. The van der Waals surface area contributed by atoms with Crippen molar-refractivity contribution in [3.63, 3.8) is 0 Å². The van der Waals surface area contributed by atoms with Gasteiger partial charge in [0.15, 0.2) is 5.78 Å². The lowest BCUT2D eigenvalue weighted by Gasteiger charge is -1.97. The summed E-state index contributed by atoms with van der Waals surface area (Å²) in [5, 5.41) is 9.12. The lowest BCUT2D eigenvalue weighted by molar-refractivity contribution is 0.104. The molecule has 0 spiro atoms. The lowest BCUT2D eigenvalue weighted by atomic mass is 10.1. The van der Waals surface area contributed by atoms with Crippen molar-refractivity contribution in [1.29, 1.82) is 0 Å². The largest absolute Gasteiger partial charge is 0.507 e. The van der Waals surface area contributed by atoms with E-state index >= 15 is 0 Å². The molecule has 0 aromatic heterocycles. The number of ketones is 1. The van der Waals surface area contributed by atoms with Crippen LogP contribution < -0.4 is 0 Å². The normalized spacial score (nSPS) is 9.09. The van der Waals surface area contributed by atoms with Gasteiger partial charge in [-0.2, -0.15) is 0 Å². The third-order valence-corrected chi connectivity index (χ3v) is 1.32. The molecule has 2 heteroatoms. The van der Waals surface area contributed by atoms with Crippen LogP contribution in [0.2, 0.25) is 0 Å². The summed E-state index contributed by atoms with van der Waals surface area (Å²) in [7, 11) is 0. The van der Waals surface area contributed by atoms with Crippen molar-refractivity contribution < 1.29 is 9.90 Å². The van der Waals surface area contributed by atoms with E-state index in [0.29, 0.717) is 0 Å². The van der Waals surface area contributed by atoms with E-state index < -0.39 is 0 Å². The summed E-state index contributed by atoms with van der Waals surface area (Å²) in [4.78, 5) is 10.9. The monoisotopic (exact) mass is 147 g/mol. The van der Waals surface area contributed by atoms with Gasteiger partial charge >= 0.3 is 0 Å². The molecule has 0 heterocycles. The van der Waals surface area contributed by atoms with E-state index in [0.717, 1.165) is 6.08 Å². The Bertz CT molecular complexity index is 289. The summed E-state index contributed by atoms with van der Waals surface area (Å²) in [6, 6.07) is 6.26. The summed E-state index contributed by atoms with van der Waals surface area (Å²) in [5.41, 5.74) is 0.231. The Labute approximate surface area is 64.8 Å². The van der Waals surface area contributed by atoms with Crippen molar-refractivity contribution in [2.45, 2.75) is 0 Å². The van der Waals surface area contributed by atoms with Crippen LogP contribution in [0, 0.1) is 6.58 Å². The molecule has 1 radical (unpaired) electrons. The van der Waals surface area contributed by atoms with Crippen molar-refractivity contribution in [1.82, 2.24) is 0 Å². The topological polar surface area (TPSA) is 37.3 Å². The number of rotatable bonds is 2. The Hall–Kier alpha value is -1.57. The molecule has 0 aliphatic rings. The molecule has 0 saturated heterocycles. The minimum absolute atomic E-state index is 0.0424. The molecular formula is C9H7O2. The van der Waals surface area contributed by atoms with Crippen molar-refractivity contribution in [3.05, 3.63) is 42.5 Å². The van der Waals surface area contributed by atoms with Crippen LogP contribution in [0.3, 0.4) is 0 Å². The Morgan fingerprint density at radius 3 is 2.64 bits per heavy atom. The molecule has 2 nitrogen and oxygen atoms in total. The molecule has 0 amide bonds. The Balaban J connectivity index is 3.13. The molecule has 1 aromatic rings. The van der Waals surface area contributed by atoms with Gasteiger partial charge in [-0.15, -0.1) is 0 Å². The summed E-state index contributed by atoms with van der Waals surface area (Å²) in [6.07, 6.45) is 0.926.